The highest BCUT2D eigenvalue weighted by atomic mass is 35.5. The minimum Gasteiger partial charge on any atom is -0.330 e. The maximum atomic E-state index is 6.07. The van der Waals surface area contributed by atoms with E-state index in [4.69, 9.17) is 17.3 Å². The molecule has 1 saturated heterocycles. The molecule has 0 radical (unpaired) electrons. The third kappa shape index (κ3) is 9.14. The standard InChI is InChI=1S/C26H37ClN4/c27-26-12-10-25(11-13-26)23-31(15-4-9-24-7-2-1-3-8-24)18-6-17-30-21-19-29(20-22-30)16-5-14-28/h1-4,7-13H,5-6,14-23,28H2. The molecule has 1 fully saturated rings. The third-order valence-corrected chi connectivity index (χ3v) is 6.14. The van der Waals surface area contributed by atoms with Gasteiger partial charge < -0.3 is 15.5 Å². The maximum Gasteiger partial charge on any atom is 0.0406 e. The molecule has 0 aromatic heterocycles. The van der Waals surface area contributed by atoms with Crippen molar-refractivity contribution in [2.75, 3.05) is 58.9 Å². The van der Waals surface area contributed by atoms with Gasteiger partial charge >= 0.3 is 0 Å². The van der Waals surface area contributed by atoms with Gasteiger partial charge in [-0.15, -0.1) is 0 Å². The van der Waals surface area contributed by atoms with Gasteiger partial charge in [0.1, 0.15) is 0 Å². The van der Waals surface area contributed by atoms with Crippen LogP contribution in [-0.2, 0) is 6.54 Å². The number of piperazine rings is 1. The summed E-state index contributed by atoms with van der Waals surface area (Å²) in [6, 6.07) is 18.8. The predicted octanol–water partition coefficient (Wildman–Crippen LogP) is 4.21. The van der Waals surface area contributed by atoms with E-state index in [9.17, 15) is 0 Å². The molecule has 168 valence electrons. The summed E-state index contributed by atoms with van der Waals surface area (Å²) in [7, 11) is 0. The molecule has 1 aliphatic heterocycles. The summed E-state index contributed by atoms with van der Waals surface area (Å²) in [5.74, 6) is 0. The lowest BCUT2D eigenvalue weighted by Crippen LogP contribution is -2.47. The molecule has 3 rings (SSSR count). The van der Waals surface area contributed by atoms with Crippen molar-refractivity contribution in [1.82, 2.24) is 14.7 Å². The Hall–Kier alpha value is -1.69. The second kappa shape index (κ2) is 13.7. The average molecular weight is 441 g/mol. The molecule has 1 heterocycles. The number of hydrogen-bond acceptors (Lipinski definition) is 4. The van der Waals surface area contributed by atoms with Crippen LogP contribution in [0, 0.1) is 0 Å². The maximum absolute atomic E-state index is 6.07. The fraction of sp³-hybridized carbons (Fsp3) is 0.462. The Labute approximate surface area is 193 Å². The highest BCUT2D eigenvalue weighted by molar-refractivity contribution is 6.30. The van der Waals surface area contributed by atoms with Crippen molar-refractivity contribution in [3.05, 3.63) is 76.8 Å². The molecular formula is C26H37ClN4. The van der Waals surface area contributed by atoms with E-state index in [0.717, 1.165) is 44.2 Å². The van der Waals surface area contributed by atoms with E-state index in [-0.39, 0.29) is 0 Å². The zero-order valence-corrected chi connectivity index (χ0v) is 19.4. The van der Waals surface area contributed by atoms with Gasteiger partial charge in [-0.2, -0.15) is 0 Å². The zero-order chi connectivity index (χ0) is 21.7. The Bertz CT molecular complexity index is 755. The second-order valence-corrected chi connectivity index (χ2v) is 8.79. The van der Waals surface area contributed by atoms with Gasteiger partial charge in [0.15, 0.2) is 0 Å². The summed E-state index contributed by atoms with van der Waals surface area (Å²) in [6.07, 6.45) is 6.79. The molecule has 0 atom stereocenters. The average Bonchev–Trinajstić information content (AvgIpc) is 2.80. The van der Waals surface area contributed by atoms with Crippen molar-refractivity contribution in [2.24, 2.45) is 5.73 Å². The molecule has 4 nitrogen and oxygen atoms in total. The molecule has 2 aromatic rings. The van der Waals surface area contributed by atoms with Gasteiger partial charge in [-0.25, -0.2) is 0 Å². The number of nitrogens with zero attached hydrogens (tertiary/aromatic N) is 3. The molecule has 0 unspecified atom stereocenters. The minimum absolute atomic E-state index is 0.794. The first-order valence-corrected chi connectivity index (χ1v) is 11.9. The normalized spacial score (nSPS) is 15.8. The minimum atomic E-state index is 0.794. The lowest BCUT2D eigenvalue weighted by atomic mass is 10.2. The van der Waals surface area contributed by atoms with Gasteiger partial charge in [-0.05, 0) is 55.7 Å². The topological polar surface area (TPSA) is 35.7 Å². The first-order valence-electron chi connectivity index (χ1n) is 11.6. The summed E-state index contributed by atoms with van der Waals surface area (Å²) in [5.41, 5.74) is 8.21. The lowest BCUT2D eigenvalue weighted by Gasteiger charge is -2.35. The quantitative estimate of drug-likeness (QED) is 0.536. The Kier molecular flexibility index (Phi) is 10.6. The van der Waals surface area contributed by atoms with Crippen LogP contribution in [0.1, 0.15) is 24.0 Å². The summed E-state index contributed by atoms with van der Waals surface area (Å²) in [6.45, 7) is 10.8. The molecule has 5 heteroatoms. The van der Waals surface area contributed by atoms with Gasteiger partial charge in [-0.3, -0.25) is 4.90 Å². The first-order chi connectivity index (χ1) is 15.2. The molecule has 31 heavy (non-hydrogen) atoms. The van der Waals surface area contributed by atoms with Crippen LogP contribution in [0.4, 0.5) is 0 Å². The van der Waals surface area contributed by atoms with E-state index in [1.165, 1.54) is 50.3 Å². The van der Waals surface area contributed by atoms with Crippen LogP contribution in [0.5, 0.6) is 0 Å². The van der Waals surface area contributed by atoms with E-state index in [2.05, 4.69) is 69.3 Å². The molecule has 0 amide bonds. The van der Waals surface area contributed by atoms with Crippen molar-refractivity contribution in [1.29, 1.82) is 0 Å². The lowest BCUT2D eigenvalue weighted by molar-refractivity contribution is 0.126. The molecule has 0 bridgehead atoms. The van der Waals surface area contributed by atoms with Crippen LogP contribution in [0.3, 0.4) is 0 Å². The van der Waals surface area contributed by atoms with Crippen molar-refractivity contribution >= 4 is 17.7 Å². The van der Waals surface area contributed by atoms with E-state index < -0.39 is 0 Å². The van der Waals surface area contributed by atoms with Crippen molar-refractivity contribution < 1.29 is 0 Å². The molecule has 0 aliphatic carbocycles. The van der Waals surface area contributed by atoms with E-state index in [1.807, 2.05) is 12.1 Å². The highest BCUT2D eigenvalue weighted by Gasteiger charge is 2.16. The van der Waals surface area contributed by atoms with Crippen LogP contribution >= 0.6 is 11.6 Å². The Morgan fingerprint density at radius 3 is 2.16 bits per heavy atom. The van der Waals surface area contributed by atoms with Gasteiger partial charge in [0.05, 0.1) is 0 Å². The summed E-state index contributed by atoms with van der Waals surface area (Å²) in [5, 5.41) is 0.796. The van der Waals surface area contributed by atoms with E-state index >= 15 is 0 Å². The number of halogens is 1. The Morgan fingerprint density at radius 1 is 0.871 bits per heavy atom. The fourth-order valence-electron chi connectivity index (χ4n) is 4.05. The van der Waals surface area contributed by atoms with Crippen LogP contribution in [0.2, 0.25) is 5.02 Å². The monoisotopic (exact) mass is 440 g/mol. The second-order valence-electron chi connectivity index (χ2n) is 8.35. The number of nitrogens with two attached hydrogens (primary N) is 1. The summed E-state index contributed by atoms with van der Waals surface area (Å²) >= 11 is 6.07. The zero-order valence-electron chi connectivity index (χ0n) is 18.6. The number of rotatable bonds is 12. The highest BCUT2D eigenvalue weighted by Crippen LogP contribution is 2.13. The Morgan fingerprint density at radius 2 is 1.52 bits per heavy atom. The fourth-order valence-corrected chi connectivity index (χ4v) is 4.18. The predicted molar refractivity (Wildman–Crippen MR) is 133 cm³/mol. The number of benzene rings is 2. The van der Waals surface area contributed by atoms with Gasteiger partial charge in [0.25, 0.3) is 0 Å². The smallest absolute Gasteiger partial charge is 0.0406 e. The van der Waals surface area contributed by atoms with E-state index in [0.29, 0.717) is 0 Å². The van der Waals surface area contributed by atoms with Gasteiger partial charge in [0, 0.05) is 50.8 Å². The van der Waals surface area contributed by atoms with Crippen molar-refractivity contribution in [3.63, 3.8) is 0 Å². The molecule has 2 aromatic carbocycles. The van der Waals surface area contributed by atoms with Crippen molar-refractivity contribution in [3.8, 4) is 0 Å². The van der Waals surface area contributed by atoms with Gasteiger partial charge in [0.2, 0.25) is 0 Å². The molecule has 1 aliphatic rings. The van der Waals surface area contributed by atoms with Crippen LogP contribution in [-0.4, -0.2) is 73.6 Å². The van der Waals surface area contributed by atoms with Crippen molar-refractivity contribution in [2.45, 2.75) is 19.4 Å². The first kappa shape index (κ1) is 24.0. The summed E-state index contributed by atoms with van der Waals surface area (Å²) < 4.78 is 0. The van der Waals surface area contributed by atoms with E-state index in [1.54, 1.807) is 0 Å². The van der Waals surface area contributed by atoms with Crippen LogP contribution in [0.25, 0.3) is 6.08 Å². The number of hydrogen-bond donors (Lipinski definition) is 1. The molecular weight excluding hydrogens is 404 g/mol. The Balaban J connectivity index is 1.46. The SMILES string of the molecule is NCCCN1CCN(CCCN(CC=Cc2ccccc2)Cc2ccc(Cl)cc2)CC1. The summed E-state index contributed by atoms with van der Waals surface area (Å²) in [4.78, 5) is 7.68. The molecule has 2 N–H and O–H groups in total. The molecule has 0 saturated carbocycles. The van der Waals surface area contributed by atoms with Gasteiger partial charge in [-0.1, -0.05) is 66.2 Å². The molecule has 0 spiro atoms. The third-order valence-electron chi connectivity index (χ3n) is 5.88. The largest absolute Gasteiger partial charge is 0.330 e. The van der Waals surface area contributed by atoms with Crippen LogP contribution in [0.15, 0.2) is 60.7 Å². The van der Waals surface area contributed by atoms with Crippen LogP contribution < -0.4 is 5.73 Å².